The fourth-order valence-corrected chi connectivity index (χ4v) is 3.96. The first kappa shape index (κ1) is 20.3. The van der Waals surface area contributed by atoms with E-state index in [9.17, 15) is 18.8 Å². The van der Waals surface area contributed by atoms with Crippen LogP contribution < -0.4 is 0 Å². The van der Waals surface area contributed by atoms with Crippen LogP contribution in [0.25, 0.3) is 0 Å². The zero-order chi connectivity index (χ0) is 20.1. The molecule has 2 saturated heterocycles. The highest BCUT2D eigenvalue weighted by Crippen LogP contribution is 2.25. The number of amides is 2. The lowest BCUT2D eigenvalue weighted by Gasteiger charge is -2.33. The molecule has 0 saturated carbocycles. The fourth-order valence-electron chi connectivity index (χ4n) is 3.96. The number of piperidine rings is 1. The molecule has 28 heavy (non-hydrogen) atoms. The van der Waals surface area contributed by atoms with Crippen LogP contribution in [-0.4, -0.2) is 60.4 Å². The molecule has 2 fully saturated rings. The van der Waals surface area contributed by atoms with Crippen LogP contribution in [0.5, 0.6) is 0 Å². The van der Waals surface area contributed by atoms with Crippen molar-refractivity contribution in [3.63, 3.8) is 0 Å². The van der Waals surface area contributed by atoms with Crippen molar-refractivity contribution in [1.82, 2.24) is 9.80 Å². The molecule has 0 aliphatic carbocycles. The molecule has 2 atom stereocenters. The van der Waals surface area contributed by atoms with Gasteiger partial charge in [0.15, 0.2) is 0 Å². The third-order valence-electron chi connectivity index (χ3n) is 5.50. The van der Waals surface area contributed by atoms with E-state index < -0.39 is 0 Å². The Balaban J connectivity index is 1.52. The predicted molar refractivity (Wildman–Crippen MR) is 101 cm³/mol. The third kappa shape index (κ3) is 4.88. The average Bonchev–Trinajstić information content (AvgIpc) is 3.08. The van der Waals surface area contributed by atoms with E-state index in [1.54, 1.807) is 28.9 Å². The van der Waals surface area contributed by atoms with Gasteiger partial charge in [-0.1, -0.05) is 12.1 Å². The van der Waals surface area contributed by atoms with Crippen molar-refractivity contribution >= 4 is 17.8 Å². The van der Waals surface area contributed by atoms with Gasteiger partial charge in [-0.15, -0.1) is 0 Å². The van der Waals surface area contributed by atoms with Crippen molar-refractivity contribution in [1.29, 1.82) is 0 Å². The van der Waals surface area contributed by atoms with Crippen molar-refractivity contribution in [3.8, 4) is 0 Å². The summed E-state index contributed by atoms with van der Waals surface area (Å²) in [6, 6.07) is 6.23. The molecule has 0 unspecified atom stereocenters. The molecule has 0 bridgehead atoms. The predicted octanol–water partition coefficient (Wildman–Crippen LogP) is 2.02. The molecule has 152 valence electrons. The Labute approximate surface area is 164 Å². The average molecular weight is 390 g/mol. The number of esters is 1. The van der Waals surface area contributed by atoms with Crippen LogP contribution in [0.3, 0.4) is 0 Å². The minimum absolute atomic E-state index is 0.0283. The van der Waals surface area contributed by atoms with Crippen LogP contribution in [0.15, 0.2) is 24.3 Å². The SMILES string of the molecule is CCOC(=O)[C@H]1CCCN(C(=O)[C@H]2CC(=O)N(CCc3ccc(F)cc3)C2)C1. The molecule has 0 aromatic heterocycles. The van der Waals surface area contributed by atoms with Gasteiger partial charge in [0.05, 0.1) is 18.4 Å². The van der Waals surface area contributed by atoms with Crippen molar-refractivity contribution in [3.05, 3.63) is 35.6 Å². The molecule has 6 nitrogen and oxygen atoms in total. The standard InChI is InChI=1S/C21H27FN2O4/c1-2-28-21(27)16-4-3-10-24(13-16)20(26)17-12-19(25)23(14-17)11-9-15-5-7-18(22)8-6-15/h5-8,16-17H,2-4,9-14H2,1H3/t16-,17-/m0/s1. The molecule has 0 N–H and O–H groups in total. The van der Waals surface area contributed by atoms with E-state index in [0.29, 0.717) is 39.2 Å². The molecule has 1 aromatic rings. The molecule has 2 aliphatic rings. The monoisotopic (exact) mass is 390 g/mol. The number of hydrogen-bond donors (Lipinski definition) is 0. The number of halogens is 1. The lowest BCUT2D eigenvalue weighted by molar-refractivity contribution is -0.152. The summed E-state index contributed by atoms with van der Waals surface area (Å²) in [6.07, 6.45) is 2.34. The summed E-state index contributed by atoms with van der Waals surface area (Å²) in [5.74, 6) is -1.24. The number of rotatable bonds is 6. The zero-order valence-corrected chi connectivity index (χ0v) is 16.2. The second-order valence-electron chi connectivity index (χ2n) is 7.49. The van der Waals surface area contributed by atoms with Gasteiger partial charge in [-0.05, 0) is 43.9 Å². The van der Waals surface area contributed by atoms with Gasteiger partial charge < -0.3 is 14.5 Å². The van der Waals surface area contributed by atoms with Crippen LogP contribution in [0.2, 0.25) is 0 Å². The smallest absolute Gasteiger partial charge is 0.310 e. The molecule has 0 radical (unpaired) electrons. The first-order valence-corrected chi connectivity index (χ1v) is 9.95. The van der Waals surface area contributed by atoms with E-state index in [-0.39, 0.29) is 41.9 Å². The lowest BCUT2D eigenvalue weighted by atomic mass is 9.96. The number of ether oxygens (including phenoxy) is 1. The molecular formula is C21H27FN2O4. The van der Waals surface area contributed by atoms with Gasteiger partial charge >= 0.3 is 5.97 Å². The Kier molecular flexibility index (Phi) is 6.65. The van der Waals surface area contributed by atoms with Gasteiger partial charge in [0, 0.05) is 32.6 Å². The molecule has 2 aliphatic heterocycles. The van der Waals surface area contributed by atoms with Crippen LogP contribution in [-0.2, 0) is 25.5 Å². The van der Waals surface area contributed by atoms with Crippen LogP contribution in [0, 0.1) is 17.7 Å². The van der Waals surface area contributed by atoms with Gasteiger partial charge in [0.1, 0.15) is 5.82 Å². The number of benzene rings is 1. The molecule has 3 rings (SSSR count). The second kappa shape index (κ2) is 9.17. The third-order valence-corrected chi connectivity index (χ3v) is 5.50. The second-order valence-corrected chi connectivity index (χ2v) is 7.49. The molecular weight excluding hydrogens is 363 g/mol. The lowest BCUT2D eigenvalue weighted by Crippen LogP contribution is -2.45. The molecule has 2 amide bonds. The van der Waals surface area contributed by atoms with Crippen LogP contribution in [0.4, 0.5) is 4.39 Å². The Bertz CT molecular complexity index is 722. The van der Waals surface area contributed by atoms with E-state index >= 15 is 0 Å². The number of nitrogens with zero attached hydrogens (tertiary/aromatic N) is 2. The Morgan fingerprint density at radius 1 is 1.18 bits per heavy atom. The number of carbonyl (C=O) groups excluding carboxylic acids is 3. The highest BCUT2D eigenvalue weighted by Gasteiger charge is 2.38. The number of carbonyl (C=O) groups is 3. The van der Waals surface area contributed by atoms with Crippen molar-refractivity contribution in [2.24, 2.45) is 11.8 Å². The topological polar surface area (TPSA) is 66.9 Å². The van der Waals surface area contributed by atoms with Crippen LogP contribution >= 0.6 is 0 Å². The minimum Gasteiger partial charge on any atom is -0.466 e. The maximum atomic E-state index is 13.0. The number of hydrogen-bond acceptors (Lipinski definition) is 4. The Morgan fingerprint density at radius 3 is 2.64 bits per heavy atom. The minimum atomic E-state index is -0.360. The van der Waals surface area contributed by atoms with E-state index in [4.69, 9.17) is 4.74 Å². The summed E-state index contributed by atoms with van der Waals surface area (Å²) in [6.45, 7) is 4.02. The first-order valence-electron chi connectivity index (χ1n) is 9.95. The van der Waals surface area contributed by atoms with Crippen molar-refractivity contribution in [2.75, 3.05) is 32.8 Å². The molecule has 1 aromatic carbocycles. The van der Waals surface area contributed by atoms with Crippen LogP contribution in [0.1, 0.15) is 31.7 Å². The first-order chi connectivity index (χ1) is 13.5. The van der Waals surface area contributed by atoms with Gasteiger partial charge in [0.2, 0.25) is 11.8 Å². The Morgan fingerprint density at radius 2 is 1.93 bits per heavy atom. The highest BCUT2D eigenvalue weighted by atomic mass is 19.1. The summed E-state index contributed by atoms with van der Waals surface area (Å²) in [5.41, 5.74) is 0.956. The van der Waals surface area contributed by atoms with E-state index in [1.807, 2.05) is 0 Å². The van der Waals surface area contributed by atoms with Gasteiger partial charge in [-0.25, -0.2) is 4.39 Å². The molecule has 7 heteroatoms. The summed E-state index contributed by atoms with van der Waals surface area (Å²) < 4.78 is 18.1. The van der Waals surface area contributed by atoms with Gasteiger partial charge in [-0.2, -0.15) is 0 Å². The quantitative estimate of drug-likeness (QED) is 0.697. The summed E-state index contributed by atoms with van der Waals surface area (Å²) in [7, 11) is 0. The summed E-state index contributed by atoms with van der Waals surface area (Å²) in [5, 5.41) is 0. The van der Waals surface area contributed by atoms with Crippen molar-refractivity contribution in [2.45, 2.75) is 32.6 Å². The normalized spacial score (nSPS) is 22.4. The van der Waals surface area contributed by atoms with E-state index in [0.717, 1.165) is 18.4 Å². The van der Waals surface area contributed by atoms with E-state index in [1.165, 1.54) is 12.1 Å². The summed E-state index contributed by atoms with van der Waals surface area (Å²) in [4.78, 5) is 40.6. The number of likely N-dealkylation sites (tertiary alicyclic amines) is 2. The van der Waals surface area contributed by atoms with E-state index in [2.05, 4.69) is 0 Å². The maximum absolute atomic E-state index is 13.0. The molecule has 2 heterocycles. The zero-order valence-electron chi connectivity index (χ0n) is 16.2. The highest BCUT2D eigenvalue weighted by molar-refractivity contribution is 5.89. The molecule has 0 spiro atoms. The van der Waals surface area contributed by atoms with Crippen molar-refractivity contribution < 1.29 is 23.5 Å². The largest absolute Gasteiger partial charge is 0.466 e. The Hall–Kier alpha value is -2.44. The van der Waals surface area contributed by atoms with Gasteiger partial charge in [-0.3, -0.25) is 14.4 Å². The maximum Gasteiger partial charge on any atom is 0.310 e. The fraction of sp³-hybridized carbons (Fsp3) is 0.571. The van der Waals surface area contributed by atoms with Gasteiger partial charge in [0.25, 0.3) is 0 Å². The summed E-state index contributed by atoms with van der Waals surface area (Å²) >= 11 is 0.